The number of hydrogen-bond donors (Lipinski definition) is 1. The third-order valence-electron chi connectivity index (χ3n) is 8.94. The van der Waals surface area contributed by atoms with Crippen LogP contribution in [0.25, 0.3) is 0 Å². The lowest BCUT2D eigenvalue weighted by atomic mass is 9.39. The Morgan fingerprint density at radius 1 is 1.31 bits per heavy atom. The maximum absolute atomic E-state index is 13.0. The second-order valence-corrected chi connectivity index (χ2v) is 9.37. The van der Waals surface area contributed by atoms with Gasteiger partial charge in [-0.05, 0) is 43.9 Å². The molecular formula is C21H24N2O3. The normalized spacial score (nSPS) is 51.7. The first kappa shape index (κ1) is 14.5. The quantitative estimate of drug-likeness (QED) is 0.618. The Labute approximate surface area is 153 Å². The molecule has 7 atom stereocenters. The van der Waals surface area contributed by atoms with Crippen LogP contribution in [0.15, 0.2) is 24.3 Å². The number of hydrogen-bond acceptors (Lipinski definition) is 5. The van der Waals surface area contributed by atoms with Crippen LogP contribution in [0.1, 0.15) is 31.2 Å². The van der Waals surface area contributed by atoms with Crippen molar-refractivity contribution in [1.29, 1.82) is 0 Å². The van der Waals surface area contributed by atoms with Gasteiger partial charge < -0.3 is 14.8 Å². The van der Waals surface area contributed by atoms with E-state index in [0.29, 0.717) is 18.2 Å². The molecule has 1 aromatic carbocycles. The van der Waals surface area contributed by atoms with E-state index in [0.717, 1.165) is 38.8 Å². The molecule has 1 aromatic rings. The molecule has 3 saturated carbocycles. The molecule has 0 aromatic heterocycles. The number of nitrogens with one attached hydrogen (secondary N) is 1. The second-order valence-electron chi connectivity index (χ2n) is 9.37. The lowest BCUT2D eigenvalue weighted by molar-refractivity contribution is -0.170. The van der Waals surface area contributed by atoms with Crippen molar-refractivity contribution in [3.8, 4) is 0 Å². The Kier molecular flexibility index (Phi) is 2.29. The number of para-hydroxylation sites is 1. The Morgan fingerprint density at radius 3 is 3.08 bits per heavy atom. The molecule has 4 heterocycles. The first-order valence-electron chi connectivity index (χ1n) is 10.0. The number of epoxide rings is 1. The minimum absolute atomic E-state index is 0.00979. The van der Waals surface area contributed by atoms with E-state index in [4.69, 9.17) is 9.47 Å². The highest BCUT2D eigenvalue weighted by Crippen LogP contribution is 2.76. The van der Waals surface area contributed by atoms with E-state index in [1.165, 1.54) is 11.3 Å². The molecule has 26 heavy (non-hydrogen) atoms. The fraction of sp³-hybridized carbons (Fsp3) is 0.667. The van der Waals surface area contributed by atoms with Gasteiger partial charge >= 0.3 is 5.97 Å². The van der Waals surface area contributed by atoms with E-state index in [9.17, 15) is 4.79 Å². The summed E-state index contributed by atoms with van der Waals surface area (Å²) in [5.41, 5.74) is 2.59. The predicted octanol–water partition coefficient (Wildman–Crippen LogP) is 1.92. The molecule has 0 unspecified atom stereocenters. The maximum Gasteiger partial charge on any atom is 0.311 e. The summed E-state index contributed by atoms with van der Waals surface area (Å²) < 4.78 is 11.5. The van der Waals surface area contributed by atoms with Crippen LogP contribution in [0.5, 0.6) is 0 Å². The molecule has 7 aliphatic rings. The van der Waals surface area contributed by atoms with Crippen LogP contribution < -0.4 is 5.32 Å². The molecule has 5 nitrogen and oxygen atoms in total. The smallest absolute Gasteiger partial charge is 0.311 e. The van der Waals surface area contributed by atoms with Gasteiger partial charge in [0.25, 0.3) is 0 Å². The largest absolute Gasteiger partial charge is 0.469 e. The lowest BCUT2D eigenvalue weighted by Crippen LogP contribution is -2.78. The van der Waals surface area contributed by atoms with E-state index in [1.807, 2.05) is 0 Å². The molecule has 1 N–H and O–H groups in total. The van der Waals surface area contributed by atoms with Crippen LogP contribution in [0, 0.1) is 11.3 Å². The number of benzene rings is 1. The zero-order chi connectivity index (χ0) is 17.3. The third kappa shape index (κ3) is 1.23. The topological polar surface area (TPSA) is 54.1 Å². The fourth-order valence-electron chi connectivity index (χ4n) is 8.32. The van der Waals surface area contributed by atoms with Crippen LogP contribution in [0.4, 0.5) is 5.69 Å². The van der Waals surface area contributed by atoms with Crippen molar-refractivity contribution in [1.82, 2.24) is 4.90 Å². The molecule has 8 rings (SSSR count). The second kappa shape index (κ2) is 4.12. The predicted molar refractivity (Wildman–Crippen MR) is 94.9 cm³/mol. The zero-order valence-corrected chi connectivity index (χ0v) is 15.0. The fourth-order valence-corrected chi connectivity index (χ4v) is 8.32. The molecule has 3 saturated heterocycles. The van der Waals surface area contributed by atoms with Gasteiger partial charge in [-0.25, -0.2) is 0 Å². The van der Waals surface area contributed by atoms with Gasteiger partial charge in [0, 0.05) is 29.1 Å². The molecule has 2 bridgehead atoms. The van der Waals surface area contributed by atoms with Crippen molar-refractivity contribution in [2.75, 3.05) is 25.5 Å². The van der Waals surface area contributed by atoms with Gasteiger partial charge in [-0.1, -0.05) is 18.2 Å². The summed E-state index contributed by atoms with van der Waals surface area (Å²) in [6, 6.07) is 9.28. The molecule has 0 amide bonds. The number of fused-ring (bicyclic) bond motifs is 4. The Hall–Kier alpha value is -1.59. The van der Waals surface area contributed by atoms with Crippen LogP contribution in [-0.2, 0) is 19.7 Å². The number of nitrogens with zero attached hydrogens (tertiary/aromatic N) is 1. The monoisotopic (exact) mass is 352 g/mol. The molecule has 6 fully saturated rings. The van der Waals surface area contributed by atoms with E-state index in [2.05, 4.69) is 34.5 Å². The van der Waals surface area contributed by atoms with Crippen molar-refractivity contribution < 1.29 is 14.3 Å². The number of methoxy groups -OCH3 is 1. The highest BCUT2D eigenvalue weighted by Gasteiger charge is 2.83. The number of anilines is 1. The van der Waals surface area contributed by atoms with Gasteiger partial charge in [-0.3, -0.25) is 9.69 Å². The van der Waals surface area contributed by atoms with Gasteiger partial charge in [-0.2, -0.15) is 0 Å². The Balaban J connectivity index is 1.54. The van der Waals surface area contributed by atoms with E-state index >= 15 is 0 Å². The van der Waals surface area contributed by atoms with Crippen LogP contribution >= 0.6 is 0 Å². The first-order chi connectivity index (χ1) is 12.7. The van der Waals surface area contributed by atoms with Crippen molar-refractivity contribution in [3.05, 3.63) is 29.8 Å². The zero-order valence-electron chi connectivity index (χ0n) is 15.0. The van der Waals surface area contributed by atoms with Gasteiger partial charge in [0.15, 0.2) is 0 Å². The number of carbonyl (C=O) groups is 1. The summed E-state index contributed by atoms with van der Waals surface area (Å²) in [6.07, 6.45) is 4.97. The molecule has 3 aliphatic carbocycles. The highest BCUT2D eigenvalue weighted by atomic mass is 16.6. The number of piperidine rings is 1. The molecule has 4 aliphatic heterocycles. The average molecular weight is 352 g/mol. The Morgan fingerprint density at radius 2 is 2.19 bits per heavy atom. The summed E-state index contributed by atoms with van der Waals surface area (Å²) >= 11 is 0. The maximum atomic E-state index is 13.0. The summed E-state index contributed by atoms with van der Waals surface area (Å²) in [4.78, 5) is 15.7. The summed E-state index contributed by atoms with van der Waals surface area (Å²) in [5.74, 6) is -0.128. The highest BCUT2D eigenvalue weighted by molar-refractivity contribution is 5.81. The molecule has 0 radical (unpaired) electrons. The number of esters is 1. The molecular weight excluding hydrogens is 328 g/mol. The van der Waals surface area contributed by atoms with Crippen LogP contribution in [0.2, 0.25) is 0 Å². The molecule has 3 spiro atoms. The minimum atomic E-state index is -0.202. The SMILES string of the molecule is COC(=O)[C@H]1C[C@@]23CC[C@]14Nc1ccccc1[C@]41CCN(C[C@@H]4O[C@@H]42)[C@H]31. The number of rotatable bonds is 1. The third-order valence-corrected chi connectivity index (χ3v) is 8.94. The van der Waals surface area contributed by atoms with E-state index < -0.39 is 0 Å². The van der Waals surface area contributed by atoms with Gasteiger partial charge in [0.1, 0.15) is 0 Å². The first-order valence-corrected chi connectivity index (χ1v) is 10.0. The van der Waals surface area contributed by atoms with Crippen molar-refractivity contribution in [2.45, 2.75) is 54.9 Å². The summed E-state index contributed by atoms with van der Waals surface area (Å²) in [7, 11) is 1.55. The van der Waals surface area contributed by atoms with E-state index in [-0.39, 0.29) is 28.3 Å². The van der Waals surface area contributed by atoms with Crippen molar-refractivity contribution in [2.24, 2.45) is 11.3 Å². The van der Waals surface area contributed by atoms with Crippen molar-refractivity contribution in [3.63, 3.8) is 0 Å². The average Bonchev–Trinajstić information content (AvgIpc) is 3.26. The van der Waals surface area contributed by atoms with Crippen LogP contribution in [0.3, 0.4) is 0 Å². The molecule has 5 heteroatoms. The van der Waals surface area contributed by atoms with Gasteiger partial charge in [-0.15, -0.1) is 0 Å². The van der Waals surface area contributed by atoms with Gasteiger partial charge in [0.2, 0.25) is 0 Å². The van der Waals surface area contributed by atoms with E-state index in [1.54, 1.807) is 7.11 Å². The summed E-state index contributed by atoms with van der Waals surface area (Å²) in [5, 5.41) is 3.91. The standard InChI is InChI=1S/C21H24N2O3/c1-25-17(24)13-10-19-6-7-21(13)20(12-4-2-3-5-14(12)22-21)8-9-23(18(19)20)11-15-16(19)26-15/h2-5,13,15-16,18,22H,6-11H2,1H3/t13-,15+,16+,18-,19+,20+,21+/m1/s1. The van der Waals surface area contributed by atoms with Crippen molar-refractivity contribution >= 4 is 11.7 Å². The lowest BCUT2D eigenvalue weighted by Gasteiger charge is -2.68. The Bertz CT molecular complexity index is 857. The number of carbonyl (C=O) groups excluding carboxylic acids is 1. The van der Waals surface area contributed by atoms with Gasteiger partial charge in [0.05, 0.1) is 30.8 Å². The minimum Gasteiger partial charge on any atom is -0.469 e. The van der Waals surface area contributed by atoms with Crippen LogP contribution in [-0.4, -0.2) is 54.9 Å². The molecule has 136 valence electrons. The number of ether oxygens (including phenoxy) is 2. The summed E-state index contributed by atoms with van der Waals surface area (Å²) in [6.45, 7) is 2.19.